The van der Waals surface area contributed by atoms with Crippen LogP contribution in [0.25, 0.3) is 16.3 Å². The number of ether oxygens (including phenoxy) is 1. The van der Waals surface area contributed by atoms with E-state index in [4.69, 9.17) is 4.74 Å². The molecule has 0 aliphatic carbocycles. The lowest BCUT2D eigenvalue weighted by Crippen LogP contribution is -2.39. The average Bonchev–Trinajstić information content (AvgIpc) is 3.23. The molecule has 0 bridgehead atoms. The van der Waals surface area contributed by atoms with Crippen molar-refractivity contribution in [2.24, 2.45) is 4.99 Å². The van der Waals surface area contributed by atoms with E-state index in [1.54, 1.807) is 24.5 Å². The van der Waals surface area contributed by atoms with Gasteiger partial charge < -0.3 is 10.1 Å². The van der Waals surface area contributed by atoms with Gasteiger partial charge in [0.1, 0.15) is 5.70 Å². The van der Waals surface area contributed by atoms with Gasteiger partial charge in [0.05, 0.1) is 27.9 Å². The molecule has 0 spiro atoms. The molecule has 1 amide bonds. The van der Waals surface area contributed by atoms with Crippen molar-refractivity contribution in [2.75, 3.05) is 13.7 Å². The molecule has 3 aromatic rings. The Morgan fingerprint density at radius 1 is 1.25 bits per heavy atom. The van der Waals surface area contributed by atoms with Gasteiger partial charge >= 0.3 is 0 Å². The second-order valence-corrected chi connectivity index (χ2v) is 7.70. The predicted molar refractivity (Wildman–Crippen MR) is 112 cm³/mol. The maximum atomic E-state index is 12.4. The third-order valence-corrected chi connectivity index (χ3v) is 5.30. The number of carbonyl (C=O) groups is 1. The van der Waals surface area contributed by atoms with E-state index in [0.29, 0.717) is 18.3 Å². The molecule has 1 aliphatic rings. The van der Waals surface area contributed by atoms with Crippen molar-refractivity contribution in [3.63, 3.8) is 0 Å². The lowest BCUT2D eigenvalue weighted by Gasteiger charge is -2.18. The lowest BCUT2D eigenvalue weighted by atomic mass is 10.1. The van der Waals surface area contributed by atoms with Crippen LogP contribution in [0.4, 0.5) is 0 Å². The van der Waals surface area contributed by atoms with E-state index in [0.717, 1.165) is 26.4 Å². The summed E-state index contributed by atoms with van der Waals surface area (Å²) in [6, 6.07) is 15.7. The topological polar surface area (TPSA) is 75.6 Å². The largest absolute Gasteiger partial charge is 0.382 e. The van der Waals surface area contributed by atoms with Gasteiger partial charge in [-0.2, -0.15) is 0 Å². The molecule has 0 saturated carbocycles. The first-order valence-electron chi connectivity index (χ1n) is 8.92. The zero-order valence-electron chi connectivity index (χ0n) is 15.6. The number of hydrogen-bond donors (Lipinski definition) is 2. The highest BCUT2D eigenvalue weighted by Crippen LogP contribution is 2.24. The van der Waals surface area contributed by atoms with Crippen molar-refractivity contribution in [1.82, 2.24) is 15.6 Å². The Morgan fingerprint density at radius 2 is 2.07 bits per heavy atom. The number of nitrogens with one attached hydrogen (secondary N) is 2. The number of rotatable bonds is 5. The summed E-state index contributed by atoms with van der Waals surface area (Å²) in [6.07, 6.45) is 1.78. The molecular weight excluding hydrogens is 372 g/mol. The van der Waals surface area contributed by atoms with Gasteiger partial charge in [0.25, 0.3) is 5.91 Å². The highest BCUT2D eigenvalue weighted by atomic mass is 32.1. The number of aliphatic imine (C=N–C) groups is 1. The molecule has 1 aromatic heterocycles. The zero-order chi connectivity index (χ0) is 19.5. The number of methoxy groups -OCH3 is 1. The number of fused-ring (bicyclic) bond motifs is 1. The minimum atomic E-state index is -0.229. The standard InChI is InChI=1S/C21H20N4O2S/c1-13-22-16-9-8-14(11-19(16)28-13)10-17-20(26)25-21(23-17)24-18(12-27-2)15-6-4-3-5-7-15/h3-11,18H,12H2,1-2H3,(H2,23,24,25,26)/b17-10-. The Morgan fingerprint density at radius 3 is 2.86 bits per heavy atom. The van der Waals surface area contributed by atoms with Crippen LogP contribution in [-0.2, 0) is 9.53 Å². The molecule has 7 heteroatoms. The quantitative estimate of drug-likeness (QED) is 0.653. The van der Waals surface area contributed by atoms with E-state index in [-0.39, 0.29) is 11.9 Å². The lowest BCUT2D eigenvalue weighted by molar-refractivity contribution is -0.115. The Labute approximate surface area is 167 Å². The number of amides is 1. The summed E-state index contributed by atoms with van der Waals surface area (Å²) in [5.74, 6) is 0.198. The highest BCUT2D eigenvalue weighted by Gasteiger charge is 2.23. The van der Waals surface area contributed by atoms with Crippen molar-refractivity contribution in [2.45, 2.75) is 13.0 Å². The van der Waals surface area contributed by atoms with Gasteiger partial charge in [-0.25, -0.2) is 9.98 Å². The first-order valence-corrected chi connectivity index (χ1v) is 9.73. The number of carbonyl (C=O) groups excluding carboxylic acids is 1. The summed E-state index contributed by atoms with van der Waals surface area (Å²) >= 11 is 1.63. The molecule has 0 radical (unpaired) electrons. The Hall–Kier alpha value is -3.03. The van der Waals surface area contributed by atoms with Crippen molar-refractivity contribution >= 4 is 39.5 Å². The molecule has 0 saturated heterocycles. The SMILES string of the molecule is COCC(NC1=N/C(=C\c2ccc3nc(C)sc3c2)C(=O)N1)c1ccccc1. The van der Waals surface area contributed by atoms with Crippen LogP contribution in [0.15, 0.2) is 59.2 Å². The third-order valence-electron chi connectivity index (χ3n) is 4.37. The van der Waals surface area contributed by atoms with Crippen molar-refractivity contribution < 1.29 is 9.53 Å². The molecule has 2 heterocycles. The number of guanidine groups is 1. The first-order chi connectivity index (χ1) is 13.6. The smallest absolute Gasteiger partial charge is 0.276 e. The van der Waals surface area contributed by atoms with Crippen LogP contribution < -0.4 is 10.6 Å². The van der Waals surface area contributed by atoms with Crippen LogP contribution in [0, 0.1) is 6.92 Å². The Kier molecular flexibility index (Phi) is 5.18. The summed E-state index contributed by atoms with van der Waals surface area (Å²) < 4.78 is 6.41. The fourth-order valence-corrected chi connectivity index (χ4v) is 3.95. The summed E-state index contributed by atoms with van der Waals surface area (Å²) in [6.45, 7) is 2.44. The molecule has 1 unspecified atom stereocenters. The van der Waals surface area contributed by atoms with Gasteiger partial charge in [-0.15, -0.1) is 11.3 Å². The third kappa shape index (κ3) is 3.95. The van der Waals surface area contributed by atoms with Gasteiger partial charge in [0, 0.05) is 7.11 Å². The minimum absolute atomic E-state index is 0.110. The van der Waals surface area contributed by atoms with Crippen molar-refractivity contribution in [3.8, 4) is 0 Å². The van der Waals surface area contributed by atoms with Crippen LogP contribution in [0.2, 0.25) is 0 Å². The Balaban J connectivity index is 1.57. The number of thiazole rings is 1. The van der Waals surface area contributed by atoms with E-state index in [1.165, 1.54) is 0 Å². The predicted octanol–water partition coefficient (Wildman–Crippen LogP) is 3.41. The highest BCUT2D eigenvalue weighted by molar-refractivity contribution is 7.18. The van der Waals surface area contributed by atoms with E-state index < -0.39 is 0 Å². The van der Waals surface area contributed by atoms with E-state index in [9.17, 15) is 4.79 Å². The summed E-state index contributed by atoms with van der Waals surface area (Å²) in [5.41, 5.74) is 3.32. The van der Waals surface area contributed by atoms with Gasteiger partial charge in [0.2, 0.25) is 5.96 Å². The normalized spacial score (nSPS) is 16.3. The maximum Gasteiger partial charge on any atom is 0.276 e. The van der Waals surface area contributed by atoms with E-state index >= 15 is 0 Å². The zero-order valence-corrected chi connectivity index (χ0v) is 16.4. The molecule has 4 rings (SSSR count). The summed E-state index contributed by atoms with van der Waals surface area (Å²) in [5, 5.41) is 7.07. The van der Waals surface area contributed by atoms with Gasteiger partial charge in [-0.05, 0) is 36.3 Å². The van der Waals surface area contributed by atoms with Crippen LogP contribution >= 0.6 is 11.3 Å². The van der Waals surface area contributed by atoms with E-state index in [2.05, 4.69) is 20.6 Å². The summed E-state index contributed by atoms with van der Waals surface area (Å²) in [7, 11) is 1.65. The van der Waals surface area contributed by atoms with Gasteiger partial charge in [0.15, 0.2) is 0 Å². The number of nitrogens with zero attached hydrogens (tertiary/aromatic N) is 2. The number of aromatic nitrogens is 1. The van der Waals surface area contributed by atoms with Gasteiger partial charge in [-0.3, -0.25) is 10.1 Å². The van der Waals surface area contributed by atoms with Crippen LogP contribution in [0.1, 0.15) is 22.2 Å². The fraction of sp³-hybridized carbons (Fsp3) is 0.190. The van der Waals surface area contributed by atoms with Crippen LogP contribution in [-0.4, -0.2) is 30.6 Å². The maximum absolute atomic E-state index is 12.4. The van der Waals surface area contributed by atoms with Crippen LogP contribution in [0.5, 0.6) is 0 Å². The monoisotopic (exact) mass is 392 g/mol. The number of hydrogen-bond acceptors (Lipinski definition) is 6. The van der Waals surface area contributed by atoms with Crippen molar-refractivity contribution in [1.29, 1.82) is 0 Å². The average molecular weight is 392 g/mol. The molecule has 142 valence electrons. The molecular formula is C21H20N4O2S. The molecule has 6 nitrogen and oxygen atoms in total. The molecule has 0 fully saturated rings. The van der Waals surface area contributed by atoms with E-state index in [1.807, 2.05) is 55.5 Å². The molecule has 28 heavy (non-hydrogen) atoms. The number of benzene rings is 2. The first kappa shape index (κ1) is 18.3. The molecule has 1 aliphatic heterocycles. The van der Waals surface area contributed by atoms with Gasteiger partial charge in [-0.1, -0.05) is 36.4 Å². The second kappa shape index (κ2) is 7.92. The fourth-order valence-electron chi connectivity index (χ4n) is 3.08. The molecule has 2 aromatic carbocycles. The Bertz CT molecular complexity index is 1070. The second-order valence-electron chi connectivity index (χ2n) is 6.47. The molecule has 2 N–H and O–H groups in total. The summed E-state index contributed by atoms with van der Waals surface area (Å²) in [4.78, 5) is 21.3. The number of aryl methyl sites for hydroxylation is 1. The van der Waals surface area contributed by atoms with Crippen molar-refractivity contribution in [3.05, 3.63) is 70.4 Å². The molecule has 1 atom stereocenters. The van der Waals surface area contributed by atoms with Crippen LogP contribution in [0.3, 0.4) is 0 Å². The minimum Gasteiger partial charge on any atom is -0.382 e.